The lowest BCUT2D eigenvalue weighted by atomic mass is 10.0. The summed E-state index contributed by atoms with van der Waals surface area (Å²) in [5, 5.41) is 0. The highest BCUT2D eigenvalue weighted by atomic mass is 31.2. The fraction of sp³-hybridized carbons (Fsp3) is 0.714. The summed E-state index contributed by atoms with van der Waals surface area (Å²) in [5.41, 5.74) is 5.34. The minimum atomic E-state index is -4.38. The van der Waals surface area contributed by atoms with Crippen LogP contribution >= 0.6 is 7.82 Å². The maximum atomic E-state index is 12.6. The molecule has 0 aromatic carbocycles. The second-order valence-corrected chi connectivity index (χ2v) is 16.7. The van der Waals surface area contributed by atoms with Crippen LogP contribution in [0.4, 0.5) is 0 Å². The summed E-state index contributed by atoms with van der Waals surface area (Å²) in [6.45, 7) is 3.58. The molecule has 0 radical (unpaired) electrons. The highest BCUT2D eigenvalue weighted by Gasteiger charge is 2.26. The van der Waals surface area contributed by atoms with Crippen LogP contribution in [0.15, 0.2) is 72.9 Å². The van der Waals surface area contributed by atoms with Crippen molar-refractivity contribution in [2.75, 3.05) is 26.4 Å². The van der Waals surface area contributed by atoms with E-state index in [-0.39, 0.29) is 38.6 Å². The Morgan fingerprint density at radius 2 is 0.932 bits per heavy atom. The Balaban J connectivity index is 3.99. The maximum absolute atomic E-state index is 12.6. The Morgan fingerprint density at radius 1 is 0.525 bits per heavy atom. The minimum Gasteiger partial charge on any atom is -0.462 e. The average Bonchev–Trinajstić information content (AvgIpc) is 3.22. The van der Waals surface area contributed by atoms with E-state index in [0.29, 0.717) is 6.42 Å². The van der Waals surface area contributed by atoms with Crippen molar-refractivity contribution in [3.05, 3.63) is 72.9 Å². The Morgan fingerprint density at radius 3 is 1.39 bits per heavy atom. The fourth-order valence-corrected chi connectivity index (χ4v) is 6.93. The van der Waals surface area contributed by atoms with E-state index in [2.05, 4.69) is 86.8 Å². The first-order valence-electron chi connectivity index (χ1n) is 23.4. The number of phosphoric ester groups is 1. The molecule has 2 atom stereocenters. The van der Waals surface area contributed by atoms with Gasteiger partial charge in [-0.3, -0.25) is 18.6 Å². The van der Waals surface area contributed by atoms with Crippen LogP contribution in [-0.2, 0) is 32.7 Å². The van der Waals surface area contributed by atoms with Crippen LogP contribution in [0.25, 0.3) is 0 Å². The highest BCUT2D eigenvalue weighted by molar-refractivity contribution is 7.47. The zero-order valence-corrected chi connectivity index (χ0v) is 38.4. The van der Waals surface area contributed by atoms with Crippen LogP contribution in [0.3, 0.4) is 0 Å². The molecule has 9 nitrogen and oxygen atoms in total. The fourth-order valence-electron chi connectivity index (χ4n) is 6.17. The van der Waals surface area contributed by atoms with Crippen LogP contribution in [-0.4, -0.2) is 49.3 Å². The Hall–Kier alpha value is -2.55. The predicted molar refractivity (Wildman–Crippen MR) is 247 cm³/mol. The van der Waals surface area contributed by atoms with E-state index in [9.17, 15) is 19.0 Å². The molecular weight excluding hydrogens is 762 g/mol. The Bertz CT molecular complexity index is 1190. The standard InChI is InChI=1S/C49H86NO8P/c1-3-5-7-9-11-13-14-15-16-17-18-19-20-21-22-23-24-25-26-27-28-29-30-31-32-34-36-38-40-42-49(52)58-47(46-57-59(53,54)56-44-43-50)45-55-48(51)41-39-37-35-33-12-10-8-6-4-2/h5,7,11,13,15-16,18-19,21-22,24-25,47H,3-4,6,8-10,12,14,17,20,23,26-46,50H2,1-2H3,(H,53,54)/b7-5-,13-11-,16-15-,19-18-,22-21-,25-24-. The van der Waals surface area contributed by atoms with Crippen LogP contribution in [0, 0.1) is 0 Å². The van der Waals surface area contributed by atoms with Crippen molar-refractivity contribution in [1.29, 1.82) is 0 Å². The summed E-state index contributed by atoms with van der Waals surface area (Å²) in [6.07, 6.45) is 55.2. The third kappa shape index (κ3) is 44.8. The van der Waals surface area contributed by atoms with Gasteiger partial charge >= 0.3 is 19.8 Å². The van der Waals surface area contributed by atoms with Crippen LogP contribution in [0.5, 0.6) is 0 Å². The van der Waals surface area contributed by atoms with Gasteiger partial charge in [-0.1, -0.05) is 189 Å². The topological polar surface area (TPSA) is 134 Å². The van der Waals surface area contributed by atoms with Gasteiger partial charge in [-0.05, 0) is 64.2 Å². The predicted octanol–water partition coefficient (Wildman–Crippen LogP) is 13.8. The molecule has 340 valence electrons. The number of unbranched alkanes of at least 4 members (excludes halogenated alkanes) is 18. The number of allylic oxidation sites excluding steroid dienone is 12. The lowest BCUT2D eigenvalue weighted by molar-refractivity contribution is -0.161. The second-order valence-electron chi connectivity index (χ2n) is 15.2. The van der Waals surface area contributed by atoms with Gasteiger partial charge < -0.3 is 20.1 Å². The molecule has 0 heterocycles. The van der Waals surface area contributed by atoms with E-state index in [4.69, 9.17) is 24.3 Å². The summed E-state index contributed by atoms with van der Waals surface area (Å²) in [4.78, 5) is 34.8. The number of hydrogen-bond donors (Lipinski definition) is 2. The van der Waals surface area contributed by atoms with Crippen LogP contribution in [0.2, 0.25) is 0 Å². The molecular formula is C49H86NO8P. The van der Waals surface area contributed by atoms with Gasteiger partial charge in [-0.2, -0.15) is 0 Å². The molecule has 0 aliphatic heterocycles. The van der Waals surface area contributed by atoms with Gasteiger partial charge in [0.15, 0.2) is 6.10 Å². The zero-order valence-electron chi connectivity index (χ0n) is 37.5. The first kappa shape index (κ1) is 56.5. The molecule has 0 aliphatic rings. The summed E-state index contributed by atoms with van der Waals surface area (Å²) >= 11 is 0. The first-order valence-corrected chi connectivity index (χ1v) is 24.9. The molecule has 0 rings (SSSR count). The average molecular weight is 848 g/mol. The molecule has 0 aromatic heterocycles. The van der Waals surface area contributed by atoms with E-state index >= 15 is 0 Å². The van der Waals surface area contributed by atoms with E-state index in [1.165, 1.54) is 77.0 Å². The smallest absolute Gasteiger partial charge is 0.462 e. The SMILES string of the molecule is CC/C=C\C/C=C\C/C=C\C/C=C\C/C=C\C/C=C\CCCCCCCCCCCCC(=O)OC(COC(=O)CCCCCCCCCCC)COP(=O)(O)OCCN. The Kier molecular flexibility index (Phi) is 43.0. The number of carbonyl (C=O) groups is 2. The van der Waals surface area contributed by atoms with E-state index in [0.717, 1.165) is 83.5 Å². The van der Waals surface area contributed by atoms with Gasteiger partial charge in [-0.15, -0.1) is 0 Å². The molecule has 0 aromatic rings. The monoisotopic (exact) mass is 848 g/mol. The van der Waals surface area contributed by atoms with Crippen molar-refractivity contribution in [2.24, 2.45) is 5.73 Å². The molecule has 2 unspecified atom stereocenters. The summed E-state index contributed by atoms with van der Waals surface area (Å²) in [6, 6.07) is 0. The quantitative estimate of drug-likeness (QED) is 0.0266. The lowest BCUT2D eigenvalue weighted by Gasteiger charge is -2.19. The maximum Gasteiger partial charge on any atom is 0.472 e. The number of phosphoric acid groups is 1. The number of ether oxygens (including phenoxy) is 2. The second kappa shape index (κ2) is 45.0. The van der Waals surface area contributed by atoms with Crippen LogP contribution in [0.1, 0.15) is 194 Å². The van der Waals surface area contributed by atoms with Crippen molar-refractivity contribution in [3.8, 4) is 0 Å². The number of nitrogens with two attached hydrogens (primary N) is 1. The molecule has 0 bridgehead atoms. The first-order chi connectivity index (χ1) is 28.8. The zero-order chi connectivity index (χ0) is 43.2. The third-order valence-corrected chi connectivity index (χ3v) is 10.6. The van der Waals surface area contributed by atoms with Gasteiger partial charge in [0, 0.05) is 19.4 Å². The molecule has 3 N–H and O–H groups in total. The van der Waals surface area contributed by atoms with Crippen molar-refractivity contribution >= 4 is 19.8 Å². The van der Waals surface area contributed by atoms with Gasteiger partial charge in [0.2, 0.25) is 0 Å². The van der Waals surface area contributed by atoms with Gasteiger partial charge in [0.1, 0.15) is 6.61 Å². The normalized spacial score (nSPS) is 13.9. The van der Waals surface area contributed by atoms with Gasteiger partial charge in [0.25, 0.3) is 0 Å². The molecule has 0 fully saturated rings. The van der Waals surface area contributed by atoms with E-state index in [1.807, 2.05) is 0 Å². The van der Waals surface area contributed by atoms with E-state index < -0.39 is 26.5 Å². The largest absolute Gasteiger partial charge is 0.472 e. The number of carbonyl (C=O) groups excluding carboxylic acids is 2. The van der Waals surface area contributed by atoms with Gasteiger partial charge in [0.05, 0.1) is 13.2 Å². The number of esters is 2. The molecule has 0 saturated carbocycles. The lowest BCUT2D eigenvalue weighted by Crippen LogP contribution is -2.29. The highest BCUT2D eigenvalue weighted by Crippen LogP contribution is 2.43. The molecule has 10 heteroatoms. The van der Waals surface area contributed by atoms with Crippen LogP contribution < -0.4 is 5.73 Å². The Labute approximate surface area is 361 Å². The molecule has 0 aliphatic carbocycles. The van der Waals surface area contributed by atoms with Crippen molar-refractivity contribution in [3.63, 3.8) is 0 Å². The number of hydrogen-bond acceptors (Lipinski definition) is 8. The van der Waals surface area contributed by atoms with Crippen molar-refractivity contribution in [2.45, 2.75) is 200 Å². The summed E-state index contributed by atoms with van der Waals surface area (Å²) in [5.74, 6) is -0.838. The molecule has 0 amide bonds. The summed E-state index contributed by atoms with van der Waals surface area (Å²) in [7, 11) is -4.38. The van der Waals surface area contributed by atoms with Gasteiger partial charge in [-0.25, -0.2) is 4.57 Å². The summed E-state index contributed by atoms with van der Waals surface area (Å²) < 4.78 is 32.7. The van der Waals surface area contributed by atoms with Crippen molar-refractivity contribution in [1.82, 2.24) is 0 Å². The van der Waals surface area contributed by atoms with E-state index in [1.54, 1.807) is 0 Å². The minimum absolute atomic E-state index is 0.0507. The van der Waals surface area contributed by atoms with Crippen molar-refractivity contribution < 1.29 is 37.6 Å². The molecule has 59 heavy (non-hydrogen) atoms. The molecule has 0 saturated heterocycles. The molecule has 0 spiro atoms. The third-order valence-electron chi connectivity index (χ3n) is 9.61. The number of rotatable bonds is 43.